The Bertz CT molecular complexity index is 3450. The number of allylic oxidation sites excluding steroid dienone is 1. The van der Waals surface area contributed by atoms with E-state index in [9.17, 15) is 0 Å². The fraction of sp³-hybridized carbons (Fsp3) is 0.0667. The number of fused-ring (bicyclic) bond motifs is 6. The van der Waals surface area contributed by atoms with Gasteiger partial charge in [0.05, 0.1) is 5.70 Å². The molecule has 0 saturated heterocycles. The number of rotatable bonds is 8. The number of aromatic nitrogens is 1. The van der Waals surface area contributed by atoms with E-state index in [-0.39, 0.29) is 5.41 Å². The molecule has 0 saturated carbocycles. The number of pyridine rings is 1. The van der Waals surface area contributed by atoms with Crippen LogP contribution in [0.3, 0.4) is 0 Å². The van der Waals surface area contributed by atoms with Crippen molar-refractivity contribution >= 4 is 43.9 Å². The van der Waals surface area contributed by atoms with E-state index in [0.29, 0.717) is 12.3 Å². The molecule has 11 rings (SSSR count). The number of hydrogen-bond donors (Lipinski definition) is 1. The Labute approximate surface area is 368 Å². The molecule has 63 heavy (non-hydrogen) atoms. The Morgan fingerprint density at radius 1 is 0.508 bits per heavy atom. The van der Waals surface area contributed by atoms with E-state index in [2.05, 4.69) is 183 Å². The highest BCUT2D eigenvalue weighted by atomic mass is 14.9. The third kappa shape index (κ3) is 6.79. The predicted octanol–water partition coefficient (Wildman–Crippen LogP) is 14.8. The summed E-state index contributed by atoms with van der Waals surface area (Å²) in [5.41, 5.74) is 23.1. The van der Waals surface area contributed by atoms with Crippen molar-refractivity contribution in [2.24, 2.45) is 10.7 Å². The Hall–Kier alpha value is -7.88. The summed E-state index contributed by atoms with van der Waals surface area (Å²) in [5, 5.41) is 7.30. The second-order valence-electron chi connectivity index (χ2n) is 17.1. The van der Waals surface area contributed by atoms with Gasteiger partial charge in [0.25, 0.3) is 0 Å². The van der Waals surface area contributed by atoms with Gasteiger partial charge in [0.2, 0.25) is 0 Å². The average molecular weight is 808 g/mol. The highest BCUT2D eigenvalue weighted by Crippen LogP contribution is 2.51. The van der Waals surface area contributed by atoms with Crippen molar-refractivity contribution in [2.75, 3.05) is 0 Å². The van der Waals surface area contributed by atoms with Gasteiger partial charge in [-0.05, 0) is 124 Å². The molecule has 0 fully saturated rings. The molecule has 0 spiro atoms. The second kappa shape index (κ2) is 15.5. The van der Waals surface area contributed by atoms with Crippen molar-refractivity contribution in [1.29, 1.82) is 0 Å². The van der Waals surface area contributed by atoms with Crippen LogP contribution < -0.4 is 5.73 Å². The molecule has 1 aliphatic carbocycles. The van der Waals surface area contributed by atoms with Gasteiger partial charge < -0.3 is 5.73 Å². The fourth-order valence-electron chi connectivity index (χ4n) is 9.79. The van der Waals surface area contributed by atoms with E-state index in [1.165, 1.54) is 71.6 Å². The normalized spacial score (nSPS) is 13.4. The maximum atomic E-state index is 6.78. The van der Waals surface area contributed by atoms with Gasteiger partial charge in [-0.15, -0.1) is 0 Å². The van der Waals surface area contributed by atoms with E-state index < -0.39 is 0 Å². The molecule has 9 aromatic carbocycles. The van der Waals surface area contributed by atoms with Crippen molar-refractivity contribution < 1.29 is 0 Å². The molecule has 300 valence electrons. The van der Waals surface area contributed by atoms with Crippen molar-refractivity contribution in [3.05, 3.63) is 240 Å². The number of benzene rings is 9. The van der Waals surface area contributed by atoms with Crippen LogP contribution in [-0.2, 0) is 11.8 Å². The molecule has 3 heteroatoms. The smallest absolute Gasteiger partial charge is 0.131 e. The van der Waals surface area contributed by atoms with E-state index in [1.807, 2.05) is 42.6 Å². The molecule has 0 amide bonds. The van der Waals surface area contributed by atoms with E-state index in [0.717, 1.165) is 38.7 Å². The Morgan fingerprint density at radius 3 is 1.90 bits per heavy atom. The van der Waals surface area contributed by atoms with Crippen LogP contribution in [0.25, 0.3) is 82.5 Å². The molecule has 1 aromatic heterocycles. The van der Waals surface area contributed by atoms with Crippen LogP contribution >= 0.6 is 0 Å². The maximum Gasteiger partial charge on any atom is 0.131 e. The summed E-state index contributed by atoms with van der Waals surface area (Å²) in [5.74, 6) is 0.479. The fourth-order valence-corrected chi connectivity index (χ4v) is 9.79. The number of amidine groups is 1. The molecule has 2 N–H and O–H groups in total. The van der Waals surface area contributed by atoms with Crippen LogP contribution in [-0.4, -0.2) is 10.8 Å². The lowest BCUT2D eigenvalue weighted by molar-refractivity contribution is 0.661. The van der Waals surface area contributed by atoms with Crippen molar-refractivity contribution in [1.82, 2.24) is 4.98 Å². The van der Waals surface area contributed by atoms with Gasteiger partial charge >= 0.3 is 0 Å². The monoisotopic (exact) mass is 807 g/mol. The summed E-state index contributed by atoms with van der Waals surface area (Å²) in [4.78, 5) is 9.51. The number of nitrogens with two attached hydrogens (primary N) is 1. The summed E-state index contributed by atoms with van der Waals surface area (Å²) >= 11 is 0. The minimum absolute atomic E-state index is 0.0780. The van der Waals surface area contributed by atoms with Gasteiger partial charge in [-0.25, -0.2) is 4.99 Å². The predicted molar refractivity (Wildman–Crippen MR) is 266 cm³/mol. The first-order chi connectivity index (χ1) is 30.9. The molecule has 1 aliphatic rings. The maximum absolute atomic E-state index is 6.78. The number of aliphatic imine (C=N–C) groups is 1. The Balaban J connectivity index is 1.02. The summed E-state index contributed by atoms with van der Waals surface area (Å²) in [6, 6.07) is 70.0. The Morgan fingerprint density at radius 2 is 1.14 bits per heavy atom. The summed E-state index contributed by atoms with van der Waals surface area (Å²) < 4.78 is 0. The lowest BCUT2D eigenvalue weighted by Gasteiger charge is -2.22. The molecule has 10 aromatic rings. The van der Waals surface area contributed by atoms with E-state index in [4.69, 9.17) is 10.7 Å². The lowest BCUT2D eigenvalue weighted by atomic mass is 9.81. The van der Waals surface area contributed by atoms with Gasteiger partial charge in [0.15, 0.2) is 0 Å². The van der Waals surface area contributed by atoms with Crippen LogP contribution in [0.1, 0.15) is 41.7 Å². The van der Waals surface area contributed by atoms with Crippen molar-refractivity contribution in [3.8, 4) is 44.5 Å². The molecule has 0 unspecified atom stereocenters. The van der Waals surface area contributed by atoms with Gasteiger partial charge in [-0.3, -0.25) is 4.98 Å². The zero-order valence-electron chi connectivity index (χ0n) is 35.4. The van der Waals surface area contributed by atoms with Crippen molar-refractivity contribution in [3.63, 3.8) is 0 Å². The summed E-state index contributed by atoms with van der Waals surface area (Å²) in [7, 11) is 0. The van der Waals surface area contributed by atoms with Gasteiger partial charge in [-0.2, -0.15) is 0 Å². The lowest BCUT2D eigenvalue weighted by Crippen LogP contribution is -2.14. The van der Waals surface area contributed by atoms with E-state index >= 15 is 0 Å². The van der Waals surface area contributed by atoms with Gasteiger partial charge in [-0.1, -0.05) is 190 Å². The van der Waals surface area contributed by atoms with Crippen molar-refractivity contribution in [2.45, 2.75) is 25.7 Å². The first-order valence-electron chi connectivity index (χ1n) is 21.7. The van der Waals surface area contributed by atoms with Gasteiger partial charge in [0, 0.05) is 28.9 Å². The van der Waals surface area contributed by atoms with Crippen LogP contribution in [0.4, 0.5) is 0 Å². The third-order valence-corrected chi connectivity index (χ3v) is 13.0. The summed E-state index contributed by atoms with van der Waals surface area (Å²) in [6.07, 6.45) is 6.60. The zero-order valence-corrected chi connectivity index (χ0v) is 35.4. The van der Waals surface area contributed by atoms with Crippen LogP contribution in [0.5, 0.6) is 0 Å². The molecule has 0 aliphatic heterocycles. The van der Waals surface area contributed by atoms with Crippen LogP contribution in [0.2, 0.25) is 0 Å². The second-order valence-corrected chi connectivity index (χ2v) is 17.1. The van der Waals surface area contributed by atoms with Crippen LogP contribution in [0, 0.1) is 0 Å². The standard InChI is InChI=1S/C60H45N3/c1-60(2)56-31-26-44(36-54(56)55-35-42-17-6-7-18-43(42)37-57(55)60)46-27-28-51(48-22-9-8-21-47(46)48)52-29-30-53(50-24-11-10-23-49(50)52)58(63-59(61)40-15-4-3-5-16-40)32-25-39-14-12-19-41(34-39)45-20-13-33-62-38-45/h3-24,26-38H,25H2,1-2H3,(H2,61,63)/b58-32-. The first-order valence-corrected chi connectivity index (χ1v) is 21.7. The van der Waals surface area contributed by atoms with Crippen LogP contribution in [0.15, 0.2) is 218 Å². The summed E-state index contributed by atoms with van der Waals surface area (Å²) in [6.45, 7) is 4.72. The zero-order chi connectivity index (χ0) is 42.5. The third-order valence-electron chi connectivity index (χ3n) is 13.0. The molecule has 0 radical (unpaired) electrons. The average Bonchev–Trinajstić information content (AvgIpc) is 3.56. The molecule has 0 bridgehead atoms. The highest BCUT2D eigenvalue weighted by Gasteiger charge is 2.36. The quantitative estimate of drug-likeness (QED) is 0.123. The highest BCUT2D eigenvalue weighted by molar-refractivity contribution is 6.12. The molecule has 3 nitrogen and oxygen atoms in total. The minimum Gasteiger partial charge on any atom is -0.383 e. The molecule has 0 atom stereocenters. The Kier molecular flexibility index (Phi) is 9.39. The first kappa shape index (κ1) is 38.1. The number of nitrogens with zero attached hydrogens (tertiary/aromatic N) is 2. The minimum atomic E-state index is -0.0780. The SMILES string of the molecule is CC1(C)c2ccc(-c3ccc(-c4ccc(/C(=C/Cc5cccc(-c6cccnc6)c5)N=C(N)c5ccccc5)c5ccccc45)c4ccccc34)cc2-c2cc3ccccc3cc21. The largest absolute Gasteiger partial charge is 0.383 e. The molecule has 1 heterocycles. The van der Waals surface area contributed by atoms with Gasteiger partial charge in [0.1, 0.15) is 5.84 Å². The molecular formula is C60H45N3. The molecular weight excluding hydrogens is 763 g/mol. The topological polar surface area (TPSA) is 51.3 Å². The van der Waals surface area contributed by atoms with E-state index in [1.54, 1.807) is 6.20 Å². The number of hydrogen-bond acceptors (Lipinski definition) is 2.